The number of hydrogen-bond acceptors (Lipinski definition) is 3. The molecular formula is C13H28N2O. The molecule has 1 atom stereocenters. The number of nitrogens with one attached hydrogen (secondary N) is 1. The van der Waals surface area contributed by atoms with E-state index in [0.717, 1.165) is 32.2 Å². The fourth-order valence-corrected chi connectivity index (χ4v) is 1.53. The molecule has 1 rings (SSSR count). The monoisotopic (exact) mass is 228 g/mol. The Morgan fingerprint density at radius 3 is 2.56 bits per heavy atom. The second-order valence-electron chi connectivity index (χ2n) is 5.41. The van der Waals surface area contributed by atoms with Crippen molar-refractivity contribution < 1.29 is 4.74 Å². The van der Waals surface area contributed by atoms with Crippen molar-refractivity contribution >= 4 is 0 Å². The summed E-state index contributed by atoms with van der Waals surface area (Å²) in [6.07, 6.45) is 2.76. The third-order valence-corrected chi connectivity index (χ3v) is 3.21. The molecule has 0 radical (unpaired) electrons. The SMILES string of the molecule is CC(C)NCC(C)N(C)CCOCC1CC1. The quantitative estimate of drug-likeness (QED) is 0.608. The van der Waals surface area contributed by atoms with Gasteiger partial charge in [0.05, 0.1) is 6.61 Å². The Labute approximate surface area is 101 Å². The summed E-state index contributed by atoms with van der Waals surface area (Å²) < 4.78 is 5.64. The van der Waals surface area contributed by atoms with Gasteiger partial charge in [0.25, 0.3) is 0 Å². The van der Waals surface area contributed by atoms with E-state index in [1.165, 1.54) is 12.8 Å². The lowest BCUT2D eigenvalue weighted by molar-refractivity contribution is 0.0932. The molecule has 0 aromatic heterocycles. The van der Waals surface area contributed by atoms with Gasteiger partial charge in [0.2, 0.25) is 0 Å². The van der Waals surface area contributed by atoms with Crippen LogP contribution in [0.5, 0.6) is 0 Å². The zero-order valence-electron chi connectivity index (χ0n) is 11.3. The zero-order chi connectivity index (χ0) is 12.0. The van der Waals surface area contributed by atoms with Gasteiger partial charge in [-0.2, -0.15) is 0 Å². The van der Waals surface area contributed by atoms with Crippen LogP contribution in [-0.4, -0.2) is 50.3 Å². The minimum atomic E-state index is 0.571. The third kappa shape index (κ3) is 6.46. The molecule has 0 amide bonds. The molecule has 96 valence electrons. The topological polar surface area (TPSA) is 24.5 Å². The molecule has 16 heavy (non-hydrogen) atoms. The van der Waals surface area contributed by atoms with Crippen LogP contribution in [0.1, 0.15) is 33.6 Å². The lowest BCUT2D eigenvalue weighted by Gasteiger charge is -2.25. The van der Waals surface area contributed by atoms with Gasteiger partial charge in [-0.15, -0.1) is 0 Å². The molecule has 0 aliphatic heterocycles. The molecule has 0 spiro atoms. The molecule has 1 unspecified atom stereocenters. The predicted octanol–water partition coefficient (Wildman–Crippen LogP) is 1.73. The number of nitrogens with zero attached hydrogens (tertiary/aromatic N) is 1. The first-order chi connectivity index (χ1) is 7.59. The first-order valence-electron chi connectivity index (χ1n) is 6.61. The van der Waals surface area contributed by atoms with Crippen LogP contribution in [0, 0.1) is 5.92 Å². The Morgan fingerprint density at radius 1 is 1.31 bits per heavy atom. The van der Waals surface area contributed by atoms with Crippen LogP contribution >= 0.6 is 0 Å². The fraction of sp³-hybridized carbons (Fsp3) is 1.00. The number of rotatable bonds is 9. The molecule has 1 aliphatic rings. The maximum absolute atomic E-state index is 5.64. The van der Waals surface area contributed by atoms with Crippen molar-refractivity contribution in [2.75, 3.05) is 33.4 Å². The largest absolute Gasteiger partial charge is 0.380 e. The van der Waals surface area contributed by atoms with Crippen LogP contribution in [-0.2, 0) is 4.74 Å². The number of hydrogen-bond donors (Lipinski definition) is 1. The molecule has 1 fully saturated rings. The van der Waals surface area contributed by atoms with Crippen molar-refractivity contribution in [3.63, 3.8) is 0 Å². The van der Waals surface area contributed by atoms with E-state index in [-0.39, 0.29) is 0 Å². The van der Waals surface area contributed by atoms with Gasteiger partial charge in [-0.25, -0.2) is 0 Å². The van der Waals surface area contributed by atoms with Crippen LogP contribution in [0.15, 0.2) is 0 Å². The van der Waals surface area contributed by atoms with Crippen LogP contribution in [0.3, 0.4) is 0 Å². The van der Waals surface area contributed by atoms with Gasteiger partial charge < -0.3 is 15.0 Å². The standard InChI is InChI=1S/C13H28N2O/c1-11(2)14-9-12(3)15(4)7-8-16-10-13-5-6-13/h11-14H,5-10H2,1-4H3. The Bertz CT molecular complexity index is 181. The normalized spacial score (nSPS) is 18.4. The van der Waals surface area contributed by atoms with Crippen molar-refractivity contribution in [2.24, 2.45) is 5.92 Å². The van der Waals surface area contributed by atoms with Crippen molar-refractivity contribution in [1.29, 1.82) is 0 Å². The van der Waals surface area contributed by atoms with Crippen molar-refractivity contribution in [3.8, 4) is 0 Å². The molecule has 3 nitrogen and oxygen atoms in total. The van der Waals surface area contributed by atoms with Crippen molar-refractivity contribution in [1.82, 2.24) is 10.2 Å². The van der Waals surface area contributed by atoms with Crippen LogP contribution in [0.4, 0.5) is 0 Å². The Morgan fingerprint density at radius 2 is 2.00 bits per heavy atom. The molecule has 0 heterocycles. The van der Waals surface area contributed by atoms with Gasteiger partial charge in [-0.1, -0.05) is 13.8 Å². The Kier molecular flexibility index (Phi) is 6.32. The fourth-order valence-electron chi connectivity index (χ4n) is 1.53. The molecule has 0 saturated heterocycles. The second-order valence-corrected chi connectivity index (χ2v) is 5.41. The lowest BCUT2D eigenvalue weighted by Crippen LogP contribution is -2.41. The molecule has 0 aromatic carbocycles. The highest BCUT2D eigenvalue weighted by Gasteiger charge is 2.21. The van der Waals surface area contributed by atoms with Gasteiger partial charge in [0.15, 0.2) is 0 Å². The van der Waals surface area contributed by atoms with E-state index in [9.17, 15) is 0 Å². The molecule has 0 bridgehead atoms. The van der Waals surface area contributed by atoms with Crippen molar-refractivity contribution in [2.45, 2.75) is 45.7 Å². The Balaban J connectivity index is 1.96. The summed E-state index contributed by atoms with van der Waals surface area (Å²) in [4.78, 5) is 2.36. The smallest absolute Gasteiger partial charge is 0.0593 e. The summed E-state index contributed by atoms with van der Waals surface area (Å²) in [6, 6.07) is 1.15. The molecule has 1 N–H and O–H groups in total. The van der Waals surface area contributed by atoms with Crippen LogP contribution < -0.4 is 5.32 Å². The first kappa shape index (κ1) is 13.9. The average molecular weight is 228 g/mol. The zero-order valence-corrected chi connectivity index (χ0v) is 11.3. The summed E-state index contributed by atoms with van der Waals surface area (Å²) in [5, 5.41) is 3.46. The van der Waals surface area contributed by atoms with Gasteiger partial charge in [0, 0.05) is 31.8 Å². The van der Waals surface area contributed by atoms with Gasteiger partial charge in [-0.3, -0.25) is 0 Å². The van der Waals surface area contributed by atoms with Gasteiger partial charge in [-0.05, 0) is 32.7 Å². The maximum atomic E-state index is 5.64. The summed E-state index contributed by atoms with van der Waals surface area (Å²) in [5.74, 6) is 0.880. The average Bonchev–Trinajstić information content (AvgIpc) is 3.04. The summed E-state index contributed by atoms with van der Waals surface area (Å²) in [7, 11) is 2.17. The number of ether oxygens (including phenoxy) is 1. The Hall–Kier alpha value is -0.120. The number of likely N-dealkylation sites (N-methyl/N-ethyl adjacent to an activating group) is 1. The van der Waals surface area contributed by atoms with E-state index in [2.05, 4.69) is 38.0 Å². The second kappa shape index (κ2) is 7.25. The van der Waals surface area contributed by atoms with Crippen LogP contribution in [0.25, 0.3) is 0 Å². The lowest BCUT2D eigenvalue weighted by atomic mass is 10.2. The first-order valence-corrected chi connectivity index (χ1v) is 6.61. The minimum absolute atomic E-state index is 0.571. The highest BCUT2D eigenvalue weighted by atomic mass is 16.5. The molecule has 3 heteroatoms. The van der Waals surface area contributed by atoms with E-state index in [0.29, 0.717) is 12.1 Å². The van der Waals surface area contributed by atoms with Gasteiger partial charge in [0.1, 0.15) is 0 Å². The molecule has 1 aliphatic carbocycles. The maximum Gasteiger partial charge on any atom is 0.0593 e. The highest BCUT2D eigenvalue weighted by molar-refractivity contribution is 4.72. The van der Waals surface area contributed by atoms with Crippen molar-refractivity contribution in [3.05, 3.63) is 0 Å². The van der Waals surface area contributed by atoms with Crippen LogP contribution in [0.2, 0.25) is 0 Å². The third-order valence-electron chi connectivity index (χ3n) is 3.21. The summed E-state index contributed by atoms with van der Waals surface area (Å²) in [6.45, 7) is 10.6. The molecular weight excluding hydrogens is 200 g/mol. The van der Waals surface area contributed by atoms with E-state index in [1.807, 2.05) is 0 Å². The van der Waals surface area contributed by atoms with E-state index in [4.69, 9.17) is 4.74 Å². The summed E-state index contributed by atoms with van der Waals surface area (Å²) in [5.41, 5.74) is 0. The van der Waals surface area contributed by atoms with Gasteiger partial charge >= 0.3 is 0 Å². The predicted molar refractivity (Wildman–Crippen MR) is 68.8 cm³/mol. The van der Waals surface area contributed by atoms with E-state index in [1.54, 1.807) is 0 Å². The minimum Gasteiger partial charge on any atom is -0.380 e. The molecule has 0 aromatic rings. The molecule has 1 saturated carbocycles. The van der Waals surface area contributed by atoms with E-state index >= 15 is 0 Å². The van der Waals surface area contributed by atoms with E-state index < -0.39 is 0 Å². The summed E-state index contributed by atoms with van der Waals surface area (Å²) >= 11 is 0. The highest BCUT2D eigenvalue weighted by Crippen LogP contribution is 2.28.